The molecule has 0 aliphatic heterocycles. The lowest BCUT2D eigenvalue weighted by atomic mass is 10.4. The van der Waals surface area contributed by atoms with Crippen molar-refractivity contribution in [3.63, 3.8) is 0 Å². The van der Waals surface area contributed by atoms with Gasteiger partial charge >= 0.3 is 5.97 Å². The summed E-state index contributed by atoms with van der Waals surface area (Å²) in [6.45, 7) is 0. The van der Waals surface area contributed by atoms with Crippen LogP contribution in [0.1, 0.15) is 6.42 Å². The van der Waals surface area contributed by atoms with E-state index >= 15 is 0 Å². The Kier molecular flexibility index (Phi) is 1.01. The Morgan fingerprint density at radius 2 is 2.57 bits per heavy atom. The zero-order valence-electron chi connectivity index (χ0n) is 4.18. The lowest BCUT2D eigenvalue weighted by Crippen LogP contribution is -2.00. The second kappa shape index (κ2) is 1.52. The summed E-state index contributed by atoms with van der Waals surface area (Å²) in [6.07, 6.45) is 2.83. The van der Waals surface area contributed by atoms with Crippen molar-refractivity contribution in [2.24, 2.45) is 5.92 Å². The Labute approximate surface area is 42.5 Å². The van der Waals surface area contributed by atoms with E-state index in [9.17, 15) is 4.79 Å². The minimum Gasteiger partial charge on any atom is -0.469 e. The SMILES string of the molecule is COC(=O)C1[CH]C1. The molecule has 0 heterocycles. The van der Waals surface area contributed by atoms with Crippen LogP contribution in [0.15, 0.2) is 0 Å². The van der Waals surface area contributed by atoms with Gasteiger partial charge in [-0.2, -0.15) is 0 Å². The Morgan fingerprint density at radius 1 is 2.00 bits per heavy atom. The second-order valence-electron chi connectivity index (χ2n) is 1.60. The highest BCUT2D eigenvalue weighted by atomic mass is 16.5. The van der Waals surface area contributed by atoms with Crippen molar-refractivity contribution < 1.29 is 9.53 Å². The molecule has 1 saturated carbocycles. The van der Waals surface area contributed by atoms with Crippen molar-refractivity contribution in [3.05, 3.63) is 6.42 Å². The highest BCUT2D eigenvalue weighted by Crippen LogP contribution is 2.27. The number of ether oxygens (including phenoxy) is 1. The zero-order valence-corrected chi connectivity index (χ0v) is 4.18. The van der Waals surface area contributed by atoms with Gasteiger partial charge in [-0.1, -0.05) is 0 Å². The van der Waals surface area contributed by atoms with Gasteiger partial charge in [0.25, 0.3) is 0 Å². The van der Waals surface area contributed by atoms with Gasteiger partial charge < -0.3 is 4.74 Å². The summed E-state index contributed by atoms with van der Waals surface area (Å²) in [4.78, 5) is 10.3. The molecule has 1 unspecified atom stereocenters. The molecule has 1 atom stereocenters. The second-order valence-corrected chi connectivity index (χ2v) is 1.60. The summed E-state index contributed by atoms with van der Waals surface area (Å²) in [6, 6.07) is 0. The Morgan fingerprint density at radius 3 is 2.71 bits per heavy atom. The van der Waals surface area contributed by atoms with Crippen molar-refractivity contribution in [2.45, 2.75) is 6.42 Å². The van der Waals surface area contributed by atoms with Crippen LogP contribution >= 0.6 is 0 Å². The highest BCUT2D eigenvalue weighted by molar-refractivity contribution is 5.77. The third-order valence-corrected chi connectivity index (χ3v) is 0.975. The first-order valence-corrected chi connectivity index (χ1v) is 2.26. The van der Waals surface area contributed by atoms with Gasteiger partial charge in [-0.05, 0) is 12.8 Å². The van der Waals surface area contributed by atoms with Crippen molar-refractivity contribution in [1.29, 1.82) is 0 Å². The van der Waals surface area contributed by atoms with Gasteiger partial charge in [-0.15, -0.1) is 0 Å². The minimum absolute atomic E-state index is 0.0972. The topological polar surface area (TPSA) is 26.3 Å². The summed E-state index contributed by atoms with van der Waals surface area (Å²) in [7, 11) is 1.41. The monoisotopic (exact) mass is 99.0 g/mol. The first-order valence-electron chi connectivity index (χ1n) is 2.26. The third kappa shape index (κ3) is 0.918. The Hall–Kier alpha value is -0.530. The van der Waals surface area contributed by atoms with Crippen molar-refractivity contribution in [2.75, 3.05) is 7.11 Å². The van der Waals surface area contributed by atoms with Gasteiger partial charge in [0.2, 0.25) is 0 Å². The summed E-state index contributed by atoms with van der Waals surface area (Å²) in [5.41, 5.74) is 0. The van der Waals surface area contributed by atoms with E-state index in [0.29, 0.717) is 0 Å². The van der Waals surface area contributed by atoms with Gasteiger partial charge in [-0.25, -0.2) is 0 Å². The smallest absolute Gasteiger partial charge is 0.308 e. The molecular weight excluding hydrogens is 92.1 g/mol. The molecule has 0 aromatic heterocycles. The average molecular weight is 99.1 g/mol. The summed E-state index contributed by atoms with van der Waals surface area (Å²) < 4.78 is 4.40. The lowest BCUT2D eigenvalue weighted by molar-refractivity contribution is -0.141. The fraction of sp³-hybridized carbons (Fsp3) is 0.600. The zero-order chi connectivity index (χ0) is 5.28. The van der Waals surface area contributed by atoms with Crippen LogP contribution in [0.3, 0.4) is 0 Å². The summed E-state index contributed by atoms with van der Waals surface area (Å²) in [5.74, 6) is 0.0324. The molecule has 2 heteroatoms. The van der Waals surface area contributed by atoms with Crippen molar-refractivity contribution in [1.82, 2.24) is 0 Å². The predicted octanol–water partition coefficient (Wildman–Crippen LogP) is 0.384. The van der Waals surface area contributed by atoms with Gasteiger partial charge in [0.15, 0.2) is 0 Å². The quantitative estimate of drug-likeness (QED) is 0.444. The van der Waals surface area contributed by atoms with Crippen LogP contribution in [0.4, 0.5) is 0 Å². The molecule has 39 valence electrons. The number of carbonyl (C=O) groups excluding carboxylic acids is 1. The third-order valence-electron chi connectivity index (χ3n) is 0.975. The first-order chi connectivity index (χ1) is 3.34. The van der Waals surface area contributed by atoms with Crippen molar-refractivity contribution in [3.8, 4) is 0 Å². The molecule has 1 aliphatic rings. The van der Waals surface area contributed by atoms with Crippen molar-refractivity contribution >= 4 is 5.97 Å². The maximum absolute atomic E-state index is 10.3. The standard InChI is InChI=1S/C5H7O2/c1-7-5(6)4-2-3-4/h2,4H,3H2,1H3. The fourth-order valence-corrected chi connectivity index (χ4v) is 0.412. The molecule has 1 aliphatic carbocycles. The van der Waals surface area contributed by atoms with E-state index in [2.05, 4.69) is 4.74 Å². The summed E-state index contributed by atoms with van der Waals surface area (Å²) in [5, 5.41) is 0. The molecule has 0 aromatic carbocycles. The van der Waals surface area contributed by atoms with Crippen LogP contribution in [0, 0.1) is 12.3 Å². The van der Waals surface area contributed by atoms with Crippen LogP contribution in [0.25, 0.3) is 0 Å². The minimum atomic E-state index is -0.0972. The summed E-state index contributed by atoms with van der Waals surface area (Å²) >= 11 is 0. The van der Waals surface area contributed by atoms with E-state index < -0.39 is 0 Å². The maximum Gasteiger partial charge on any atom is 0.308 e. The van der Waals surface area contributed by atoms with E-state index in [-0.39, 0.29) is 11.9 Å². The number of carbonyl (C=O) groups is 1. The Balaban J connectivity index is 2.24. The van der Waals surface area contributed by atoms with Crippen LogP contribution in [0.2, 0.25) is 0 Å². The first kappa shape index (κ1) is 4.62. The molecule has 0 bridgehead atoms. The fourth-order valence-electron chi connectivity index (χ4n) is 0.412. The van der Waals surface area contributed by atoms with E-state index in [1.165, 1.54) is 7.11 Å². The molecule has 0 saturated heterocycles. The molecule has 0 spiro atoms. The number of hydrogen-bond acceptors (Lipinski definition) is 2. The molecule has 0 amide bonds. The lowest BCUT2D eigenvalue weighted by Gasteiger charge is -1.89. The molecule has 1 rings (SSSR count). The van der Waals surface area contributed by atoms with E-state index in [0.717, 1.165) is 6.42 Å². The number of hydrogen-bond donors (Lipinski definition) is 0. The van der Waals surface area contributed by atoms with Gasteiger partial charge in [0.05, 0.1) is 13.0 Å². The molecule has 1 fully saturated rings. The Bertz CT molecular complexity index is 84.1. The number of esters is 1. The molecule has 7 heavy (non-hydrogen) atoms. The highest BCUT2D eigenvalue weighted by Gasteiger charge is 2.30. The molecule has 0 N–H and O–H groups in total. The van der Waals surface area contributed by atoms with Gasteiger partial charge in [-0.3, -0.25) is 4.79 Å². The molecule has 1 radical (unpaired) electrons. The van der Waals surface area contributed by atoms with E-state index in [4.69, 9.17) is 0 Å². The van der Waals surface area contributed by atoms with E-state index in [1.54, 1.807) is 0 Å². The number of rotatable bonds is 1. The van der Waals surface area contributed by atoms with E-state index in [1.807, 2.05) is 6.42 Å². The molecule has 0 aromatic rings. The molecular formula is C5H7O2. The van der Waals surface area contributed by atoms with Crippen LogP contribution in [-0.2, 0) is 9.53 Å². The maximum atomic E-state index is 10.3. The largest absolute Gasteiger partial charge is 0.469 e. The average Bonchev–Trinajstić information content (AvgIpc) is 2.44. The van der Waals surface area contributed by atoms with Gasteiger partial charge in [0.1, 0.15) is 0 Å². The van der Waals surface area contributed by atoms with Crippen LogP contribution in [-0.4, -0.2) is 13.1 Å². The normalized spacial score (nSPS) is 19.0. The van der Waals surface area contributed by atoms with Crippen LogP contribution < -0.4 is 0 Å². The van der Waals surface area contributed by atoms with Crippen LogP contribution in [0.5, 0.6) is 0 Å². The molecule has 2 nitrogen and oxygen atoms in total. The number of methoxy groups -OCH3 is 1. The predicted molar refractivity (Wildman–Crippen MR) is 24.4 cm³/mol. The van der Waals surface area contributed by atoms with Gasteiger partial charge in [0, 0.05) is 0 Å².